The topological polar surface area (TPSA) is 51.2 Å². The molecule has 1 heterocycles. The number of anilines is 1. The van der Waals surface area contributed by atoms with Crippen molar-refractivity contribution in [3.8, 4) is 11.5 Å². The number of para-hydroxylation sites is 2. The van der Waals surface area contributed by atoms with Crippen molar-refractivity contribution >= 4 is 23.2 Å². The number of carbonyl (C=O) groups is 1. The van der Waals surface area contributed by atoms with Gasteiger partial charge in [0.25, 0.3) is 0 Å². The lowest BCUT2D eigenvalue weighted by Crippen LogP contribution is -2.06. The summed E-state index contributed by atoms with van der Waals surface area (Å²) in [5, 5.41) is 3.05. The Hall–Kier alpha value is -2.07. The second-order valence-corrected chi connectivity index (χ2v) is 3.98. The second-order valence-electron chi connectivity index (χ2n) is 3.59. The maximum atomic E-state index is 11.1. The molecule has 0 bridgehead atoms. The first kappa shape index (κ1) is 12.4. The molecule has 4 nitrogen and oxygen atoms in total. The van der Waals surface area contributed by atoms with Crippen LogP contribution in [0.25, 0.3) is 0 Å². The zero-order valence-electron chi connectivity index (χ0n) is 9.68. The van der Waals surface area contributed by atoms with Crippen LogP contribution in [0.2, 0.25) is 5.15 Å². The fourth-order valence-corrected chi connectivity index (χ4v) is 1.59. The van der Waals surface area contributed by atoms with Crippen molar-refractivity contribution in [2.45, 2.75) is 6.92 Å². The van der Waals surface area contributed by atoms with E-state index in [0.29, 0.717) is 22.3 Å². The average molecular weight is 263 g/mol. The zero-order valence-corrected chi connectivity index (χ0v) is 10.4. The number of nitrogens with one attached hydrogen (secondary N) is 1. The van der Waals surface area contributed by atoms with Gasteiger partial charge < -0.3 is 10.1 Å². The van der Waals surface area contributed by atoms with Crippen molar-refractivity contribution < 1.29 is 9.53 Å². The van der Waals surface area contributed by atoms with Crippen molar-refractivity contribution in [2.24, 2.45) is 0 Å². The van der Waals surface area contributed by atoms with E-state index in [0.717, 1.165) is 0 Å². The first-order valence-electron chi connectivity index (χ1n) is 5.31. The maximum absolute atomic E-state index is 11.1. The van der Waals surface area contributed by atoms with Gasteiger partial charge in [0.15, 0.2) is 5.75 Å². The van der Waals surface area contributed by atoms with Crippen LogP contribution in [0.5, 0.6) is 11.5 Å². The molecule has 5 heteroatoms. The molecule has 0 spiro atoms. The number of aromatic nitrogens is 1. The Morgan fingerprint density at radius 3 is 2.83 bits per heavy atom. The molecular formula is C13H11ClN2O2. The number of nitrogens with zero attached hydrogens (tertiary/aromatic N) is 1. The van der Waals surface area contributed by atoms with Crippen LogP contribution in [-0.2, 0) is 4.79 Å². The van der Waals surface area contributed by atoms with E-state index in [1.54, 1.807) is 30.5 Å². The Labute approximate surface area is 110 Å². The maximum Gasteiger partial charge on any atom is 0.221 e. The van der Waals surface area contributed by atoms with Crippen molar-refractivity contribution in [2.75, 3.05) is 5.32 Å². The van der Waals surface area contributed by atoms with Crippen molar-refractivity contribution in [1.82, 2.24) is 4.98 Å². The first-order valence-corrected chi connectivity index (χ1v) is 5.69. The minimum atomic E-state index is -0.154. The number of halogens is 1. The van der Waals surface area contributed by atoms with Gasteiger partial charge in [-0.3, -0.25) is 4.79 Å². The lowest BCUT2D eigenvalue weighted by molar-refractivity contribution is -0.114. The molecule has 18 heavy (non-hydrogen) atoms. The summed E-state index contributed by atoms with van der Waals surface area (Å²) in [6, 6.07) is 10.5. The third-order valence-electron chi connectivity index (χ3n) is 2.12. The minimum absolute atomic E-state index is 0.154. The molecule has 0 aliphatic heterocycles. The molecule has 0 fully saturated rings. The first-order chi connectivity index (χ1) is 8.65. The van der Waals surface area contributed by atoms with Gasteiger partial charge in [0, 0.05) is 19.2 Å². The van der Waals surface area contributed by atoms with Crippen LogP contribution in [-0.4, -0.2) is 10.9 Å². The van der Waals surface area contributed by atoms with Gasteiger partial charge >= 0.3 is 0 Å². The van der Waals surface area contributed by atoms with Gasteiger partial charge in [-0.15, -0.1) is 0 Å². The number of ether oxygens (including phenoxy) is 1. The van der Waals surface area contributed by atoms with Crippen LogP contribution in [0.1, 0.15) is 6.92 Å². The molecular weight excluding hydrogens is 252 g/mol. The SMILES string of the molecule is CC(=O)Nc1ccccc1Oc1ccnc(Cl)c1. The fourth-order valence-electron chi connectivity index (χ4n) is 1.42. The molecule has 0 aliphatic carbocycles. The molecule has 1 amide bonds. The molecule has 1 aromatic carbocycles. The van der Waals surface area contributed by atoms with Crippen LogP contribution in [0.15, 0.2) is 42.6 Å². The summed E-state index contributed by atoms with van der Waals surface area (Å²) in [6.45, 7) is 1.44. The number of carbonyl (C=O) groups excluding carboxylic acids is 1. The summed E-state index contributed by atoms with van der Waals surface area (Å²) < 4.78 is 5.65. The summed E-state index contributed by atoms with van der Waals surface area (Å²) in [7, 11) is 0. The number of hydrogen-bond acceptors (Lipinski definition) is 3. The molecule has 0 radical (unpaired) electrons. The number of rotatable bonds is 3. The fraction of sp³-hybridized carbons (Fsp3) is 0.0769. The number of pyridine rings is 1. The highest BCUT2D eigenvalue weighted by molar-refractivity contribution is 6.29. The lowest BCUT2D eigenvalue weighted by Gasteiger charge is -2.11. The van der Waals surface area contributed by atoms with E-state index in [1.165, 1.54) is 6.92 Å². The van der Waals surface area contributed by atoms with Crippen LogP contribution >= 0.6 is 11.6 Å². The van der Waals surface area contributed by atoms with Gasteiger partial charge in [-0.25, -0.2) is 4.98 Å². The third-order valence-corrected chi connectivity index (χ3v) is 2.33. The molecule has 0 aliphatic rings. The molecule has 2 rings (SSSR count). The van der Waals surface area contributed by atoms with E-state index in [1.807, 2.05) is 12.1 Å². The molecule has 0 saturated carbocycles. The summed E-state index contributed by atoms with van der Waals surface area (Å²) in [5.41, 5.74) is 0.609. The van der Waals surface area contributed by atoms with Crippen molar-refractivity contribution in [3.63, 3.8) is 0 Å². The molecule has 1 N–H and O–H groups in total. The van der Waals surface area contributed by atoms with E-state index >= 15 is 0 Å². The van der Waals surface area contributed by atoms with E-state index < -0.39 is 0 Å². The average Bonchev–Trinajstić information content (AvgIpc) is 2.31. The van der Waals surface area contributed by atoms with E-state index in [4.69, 9.17) is 16.3 Å². The summed E-state index contributed by atoms with van der Waals surface area (Å²) in [5.74, 6) is 0.960. The number of benzene rings is 1. The van der Waals surface area contributed by atoms with Gasteiger partial charge in [-0.1, -0.05) is 23.7 Å². The molecule has 92 valence electrons. The number of amides is 1. The quantitative estimate of drug-likeness (QED) is 0.862. The predicted molar refractivity (Wildman–Crippen MR) is 70.1 cm³/mol. The van der Waals surface area contributed by atoms with E-state index in [-0.39, 0.29) is 5.91 Å². The molecule has 0 saturated heterocycles. The van der Waals surface area contributed by atoms with Crippen molar-refractivity contribution in [3.05, 3.63) is 47.7 Å². The Kier molecular flexibility index (Phi) is 3.79. The second kappa shape index (κ2) is 5.51. The zero-order chi connectivity index (χ0) is 13.0. The van der Waals surface area contributed by atoms with Gasteiger partial charge in [-0.05, 0) is 18.2 Å². The molecule has 2 aromatic rings. The summed E-state index contributed by atoms with van der Waals surface area (Å²) >= 11 is 5.77. The summed E-state index contributed by atoms with van der Waals surface area (Å²) in [4.78, 5) is 14.9. The third kappa shape index (κ3) is 3.21. The number of hydrogen-bond donors (Lipinski definition) is 1. The van der Waals surface area contributed by atoms with Gasteiger partial charge in [0.2, 0.25) is 5.91 Å². The summed E-state index contributed by atoms with van der Waals surface area (Å²) in [6.07, 6.45) is 1.55. The van der Waals surface area contributed by atoms with Gasteiger partial charge in [-0.2, -0.15) is 0 Å². The van der Waals surface area contributed by atoms with E-state index in [9.17, 15) is 4.79 Å². The normalized spacial score (nSPS) is 9.89. The molecule has 0 atom stereocenters. The lowest BCUT2D eigenvalue weighted by atomic mass is 10.3. The highest BCUT2D eigenvalue weighted by Crippen LogP contribution is 2.29. The van der Waals surface area contributed by atoms with Crippen LogP contribution in [0, 0.1) is 0 Å². The predicted octanol–water partition coefficient (Wildman–Crippen LogP) is 3.49. The monoisotopic (exact) mass is 262 g/mol. The highest BCUT2D eigenvalue weighted by atomic mass is 35.5. The Balaban J connectivity index is 2.26. The Morgan fingerprint density at radius 1 is 1.33 bits per heavy atom. The largest absolute Gasteiger partial charge is 0.455 e. The standard InChI is InChI=1S/C13H11ClN2O2/c1-9(17)16-11-4-2-3-5-12(11)18-10-6-7-15-13(14)8-10/h2-8H,1H3,(H,16,17). The van der Waals surface area contributed by atoms with Crippen LogP contribution < -0.4 is 10.1 Å². The molecule has 0 unspecified atom stereocenters. The Bertz CT molecular complexity index is 572. The van der Waals surface area contributed by atoms with Gasteiger partial charge in [0.1, 0.15) is 10.9 Å². The molecule has 1 aromatic heterocycles. The Morgan fingerprint density at radius 2 is 2.11 bits per heavy atom. The van der Waals surface area contributed by atoms with Crippen molar-refractivity contribution in [1.29, 1.82) is 0 Å². The minimum Gasteiger partial charge on any atom is -0.455 e. The highest BCUT2D eigenvalue weighted by Gasteiger charge is 2.06. The van der Waals surface area contributed by atoms with Crippen LogP contribution in [0.4, 0.5) is 5.69 Å². The smallest absolute Gasteiger partial charge is 0.221 e. The van der Waals surface area contributed by atoms with Crippen LogP contribution in [0.3, 0.4) is 0 Å². The van der Waals surface area contributed by atoms with Gasteiger partial charge in [0.05, 0.1) is 5.69 Å². The van der Waals surface area contributed by atoms with E-state index in [2.05, 4.69) is 10.3 Å².